The van der Waals surface area contributed by atoms with E-state index in [2.05, 4.69) is 10.6 Å². The van der Waals surface area contributed by atoms with Crippen LogP contribution in [0.15, 0.2) is 18.2 Å². The highest BCUT2D eigenvalue weighted by molar-refractivity contribution is 6.32. The van der Waals surface area contributed by atoms with Crippen LogP contribution in [0.3, 0.4) is 0 Å². The van der Waals surface area contributed by atoms with E-state index in [1.807, 2.05) is 6.07 Å². The van der Waals surface area contributed by atoms with Gasteiger partial charge in [-0.3, -0.25) is 10.1 Å². The van der Waals surface area contributed by atoms with Crippen LogP contribution in [-0.4, -0.2) is 24.6 Å². The number of piperazine rings is 1. The number of nitrogens with zero attached hydrogens (tertiary/aromatic N) is 1. The second-order valence-electron chi connectivity index (χ2n) is 3.68. The first kappa shape index (κ1) is 14.2. The van der Waals surface area contributed by atoms with E-state index in [1.165, 1.54) is 6.07 Å². The molecule has 7 heteroatoms. The van der Waals surface area contributed by atoms with Crippen LogP contribution in [0.5, 0.6) is 0 Å². The van der Waals surface area contributed by atoms with E-state index in [0.29, 0.717) is 0 Å². The highest BCUT2D eigenvalue weighted by Gasteiger charge is 2.19. The maximum absolute atomic E-state index is 10.7. The smallest absolute Gasteiger partial charge is 0.288 e. The minimum Gasteiger partial charge on any atom is -0.314 e. The molecule has 0 aliphatic carbocycles. The first-order valence-corrected chi connectivity index (χ1v) is 5.44. The Morgan fingerprint density at radius 2 is 2.18 bits per heavy atom. The lowest BCUT2D eigenvalue weighted by molar-refractivity contribution is -0.384. The Kier molecular flexibility index (Phi) is 5.14. The molecule has 1 heterocycles. The van der Waals surface area contributed by atoms with Gasteiger partial charge < -0.3 is 10.6 Å². The third-order valence-corrected chi connectivity index (χ3v) is 2.93. The van der Waals surface area contributed by atoms with Crippen LogP contribution in [0.25, 0.3) is 0 Å². The molecule has 0 amide bonds. The standard InChI is InChI=1S/C10H12ClN3O2.ClH/c11-8-2-1-7(5-10(8)14(15)16)9-6-12-3-4-13-9;/h1-2,5,9,12-13H,3-4,6H2;1H/t9-;/m1./s1. The molecule has 1 saturated heterocycles. The number of hydrogen-bond donors (Lipinski definition) is 2. The molecule has 0 bridgehead atoms. The largest absolute Gasteiger partial charge is 0.314 e. The summed E-state index contributed by atoms with van der Waals surface area (Å²) in [6.07, 6.45) is 0. The van der Waals surface area contributed by atoms with Crippen LogP contribution in [0, 0.1) is 10.1 Å². The average molecular weight is 278 g/mol. The molecule has 1 aromatic rings. The number of benzene rings is 1. The Balaban J connectivity index is 0.00000144. The lowest BCUT2D eigenvalue weighted by atomic mass is 10.0. The zero-order valence-electron chi connectivity index (χ0n) is 8.98. The number of nitrogens with one attached hydrogen (secondary N) is 2. The molecule has 94 valence electrons. The van der Waals surface area contributed by atoms with Gasteiger partial charge in [0.1, 0.15) is 5.02 Å². The number of nitro benzene ring substituents is 1. The highest BCUT2D eigenvalue weighted by Crippen LogP contribution is 2.27. The lowest BCUT2D eigenvalue weighted by Crippen LogP contribution is -2.42. The van der Waals surface area contributed by atoms with E-state index in [0.717, 1.165) is 25.2 Å². The average Bonchev–Trinajstić information content (AvgIpc) is 2.30. The molecule has 17 heavy (non-hydrogen) atoms. The van der Waals surface area contributed by atoms with Crippen LogP contribution in [-0.2, 0) is 0 Å². The summed E-state index contributed by atoms with van der Waals surface area (Å²) in [4.78, 5) is 10.3. The molecule has 5 nitrogen and oxygen atoms in total. The van der Waals surface area contributed by atoms with Crippen molar-refractivity contribution >= 4 is 29.7 Å². The predicted molar refractivity (Wildman–Crippen MR) is 69.0 cm³/mol. The first-order chi connectivity index (χ1) is 7.68. The maximum Gasteiger partial charge on any atom is 0.288 e. The van der Waals surface area contributed by atoms with Gasteiger partial charge in [-0.1, -0.05) is 17.7 Å². The number of rotatable bonds is 2. The monoisotopic (exact) mass is 277 g/mol. The molecule has 1 aliphatic rings. The SMILES string of the molecule is Cl.O=[N+]([O-])c1cc([C@H]2CNCCN2)ccc1Cl. The fraction of sp³-hybridized carbons (Fsp3) is 0.400. The van der Waals surface area contributed by atoms with Crippen LogP contribution >= 0.6 is 24.0 Å². The van der Waals surface area contributed by atoms with Gasteiger partial charge in [-0.25, -0.2) is 0 Å². The molecule has 0 unspecified atom stereocenters. The second kappa shape index (κ2) is 6.16. The molecule has 1 atom stereocenters. The summed E-state index contributed by atoms with van der Waals surface area (Å²) in [6, 6.07) is 5.04. The van der Waals surface area contributed by atoms with Crippen molar-refractivity contribution in [3.63, 3.8) is 0 Å². The minimum absolute atomic E-state index is 0. The first-order valence-electron chi connectivity index (χ1n) is 5.06. The summed E-state index contributed by atoms with van der Waals surface area (Å²) in [6.45, 7) is 2.56. The van der Waals surface area contributed by atoms with Crippen LogP contribution in [0.2, 0.25) is 5.02 Å². The fourth-order valence-electron chi connectivity index (χ4n) is 1.78. The Hall–Kier alpha value is -0.880. The van der Waals surface area contributed by atoms with Gasteiger partial charge >= 0.3 is 0 Å². The zero-order valence-corrected chi connectivity index (χ0v) is 10.6. The maximum atomic E-state index is 10.7. The Morgan fingerprint density at radius 1 is 1.41 bits per heavy atom. The highest BCUT2D eigenvalue weighted by atomic mass is 35.5. The minimum atomic E-state index is -0.456. The van der Waals surface area contributed by atoms with E-state index < -0.39 is 4.92 Å². The normalized spacial score (nSPS) is 19.5. The van der Waals surface area contributed by atoms with Gasteiger partial charge in [0.25, 0.3) is 5.69 Å². The molecule has 1 fully saturated rings. The molecule has 2 rings (SSSR count). The van der Waals surface area contributed by atoms with E-state index in [1.54, 1.807) is 6.07 Å². The molecule has 0 spiro atoms. The van der Waals surface area contributed by atoms with E-state index in [9.17, 15) is 10.1 Å². The van der Waals surface area contributed by atoms with Crippen molar-refractivity contribution in [2.24, 2.45) is 0 Å². The predicted octanol–water partition coefficient (Wildman–Crippen LogP) is 1.90. The van der Waals surface area contributed by atoms with Gasteiger partial charge in [-0.2, -0.15) is 0 Å². The van der Waals surface area contributed by atoms with Crippen molar-refractivity contribution in [2.75, 3.05) is 19.6 Å². The van der Waals surface area contributed by atoms with Crippen molar-refractivity contribution in [1.29, 1.82) is 0 Å². The van der Waals surface area contributed by atoms with Crippen molar-refractivity contribution < 1.29 is 4.92 Å². The topological polar surface area (TPSA) is 67.2 Å². The van der Waals surface area contributed by atoms with E-state index in [4.69, 9.17) is 11.6 Å². The van der Waals surface area contributed by atoms with Crippen molar-refractivity contribution in [3.05, 3.63) is 38.9 Å². The Labute approximate surface area is 110 Å². The molecule has 0 saturated carbocycles. The van der Waals surface area contributed by atoms with Gasteiger partial charge in [-0.05, 0) is 11.6 Å². The van der Waals surface area contributed by atoms with Gasteiger partial charge in [0.15, 0.2) is 0 Å². The number of halogens is 2. The quantitative estimate of drug-likeness (QED) is 0.640. The van der Waals surface area contributed by atoms with E-state index in [-0.39, 0.29) is 29.2 Å². The fourth-order valence-corrected chi connectivity index (χ4v) is 1.96. The molecule has 2 N–H and O–H groups in total. The molecule has 1 aromatic carbocycles. The van der Waals surface area contributed by atoms with Crippen LogP contribution in [0.4, 0.5) is 5.69 Å². The number of nitro groups is 1. The van der Waals surface area contributed by atoms with Gasteiger partial charge in [0.05, 0.1) is 4.92 Å². The summed E-state index contributed by atoms with van der Waals surface area (Å²) in [5.74, 6) is 0. The summed E-state index contributed by atoms with van der Waals surface area (Å²) in [5, 5.41) is 17.4. The Bertz CT molecular complexity index is 409. The summed E-state index contributed by atoms with van der Waals surface area (Å²) >= 11 is 5.75. The molecule has 1 aliphatic heterocycles. The molecular weight excluding hydrogens is 265 g/mol. The molecular formula is C10H13Cl2N3O2. The Morgan fingerprint density at radius 3 is 2.76 bits per heavy atom. The third-order valence-electron chi connectivity index (χ3n) is 2.61. The number of hydrogen-bond acceptors (Lipinski definition) is 4. The van der Waals surface area contributed by atoms with Crippen LogP contribution < -0.4 is 10.6 Å². The zero-order chi connectivity index (χ0) is 11.5. The summed E-state index contributed by atoms with van der Waals surface area (Å²) in [5.41, 5.74) is 0.856. The summed E-state index contributed by atoms with van der Waals surface area (Å²) in [7, 11) is 0. The van der Waals surface area contributed by atoms with Gasteiger partial charge in [0.2, 0.25) is 0 Å². The van der Waals surface area contributed by atoms with Crippen molar-refractivity contribution in [2.45, 2.75) is 6.04 Å². The molecule has 0 radical (unpaired) electrons. The van der Waals surface area contributed by atoms with Crippen molar-refractivity contribution in [1.82, 2.24) is 10.6 Å². The second-order valence-corrected chi connectivity index (χ2v) is 4.09. The van der Waals surface area contributed by atoms with Gasteiger partial charge in [-0.15, -0.1) is 12.4 Å². The third kappa shape index (κ3) is 3.29. The molecule has 0 aromatic heterocycles. The van der Waals surface area contributed by atoms with E-state index >= 15 is 0 Å². The van der Waals surface area contributed by atoms with Gasteiger partial charge in [0, 0.05) is 31.7 Å². The van der Waals surface area contributed by atoms with Crippen molar-refractivity contribution in [3.8, 4) is 0 Å². The lowest BCUT2D eigenvalue weighted by Gasteiger charge is -2.24. The summed E-state index contributed by atoms with van der Waals surface area (Å²) < 4.78 is 0. The van der Waals surface area contributed by atoms with Crippen LogP contribution in [0.1, 0.15) is 11.6 Å².